The Hall–Kier alpha value is -1.23. The summed E-state index contributed by atoms with van der Waals surface area (Å²) >= 11 is 0. The van der Waals surface area contributed by atoms with Crippen LogP contribution in [0.5, 0.6) is 0 Å². The first-order valence-corrected chi connectivity index (χ1v) is 6.12. The Kier molecular flexibility index (Phi) is 3.89. The lowest BCUT2D eigenvalue weighted by Gasteiger charge is -2.36. The zero-order valence-corrected chi connectivity index (χ0v) is 10.4. The van der Waals surface area contributed by atoms with E-state index in [-0.39, 0.29) is 5.82 Å². The first-order chi connectivity index (χ1) is 8.24. The number of anilines is 1. The number of aryl methyl sites for hydroxylation is 1. The summed E-state index contributed by atoms with van der Waals surface area (Å²) in [7, 11) is 1.92. The molecule has 0 radical (unpaired) electrons. The molecule has 1 aliphatic heterocycles. The van der Waals surface area contributed by atoms with Crippen molar-refractivity contribution in [3.63, 3.8) is 0 Å². The molecular formula is C12H19FN4. The van der Waals surface area contributed by atoms with Crippen LogP contribution >= 0.6 is 0 Å². The van der Waals surface area contributed by atoms with Crippen LogP contribution in [0.15, 0.2) is 6.33 Å². The standard InChI is InChI=1S/C12H19FN4/c1-9-11(13)12(16-8-15-9)17-6-4-3-5-10(17)7-14-2/h8,10,14H,3-7H2,1-2H3. The molecule has 0 bridgehead atoms. The van der Waals surface area contributed by atoms with E-state index in [4.69, 9.17) is 0 Å². The van der Waals surface area contributed by atoms with Gasteiger partial charge in [-0.2, -0.15) is 0 Å². The van der Waals surface area contributed by atoms with Crippen molar-refractivity contribution in [1.82, 2.24) is 15.3 Å². The van der Waals surface area contributed by atoms with Crippen LogP contribution < -0.4 is 10.2 Å². The minimum absolute atomic E-state index is 0.282. The number of piperidine rings is 1. The fraction of sp³-hybridized carbons (Fsp3) is 0.667. The van der Waals surface area contributed by atoms with E-state index in [1.165, 1.54) is 12.7 Å². The molecule has 0 saturated carbocycles. The van der Waals surface area contributed by atoms with Gasteiger partial charge in [0.1, 0.15) is 6.33 Å². The van der Waals surface area contributed by atoms with Crippen molar-refractivity contribution in [3.8, 4) is 0 Å². The van der Waals surface area contributed by atoms with Crippen LogP contribution in [-0.4, -0.2) is 36.1 Å². The molecule has 94 valence electrons. The monoisotopic (exact) mass is 238 g/mol. The number of likely N-dealkylation sites (N-methyl/N-ethyl adjacent to an activating group) is 1. The van der Waals surface area contributed by atoms with E-state index in [2.05, 4.69) is 20.2 Å². The van der Waals surface area contributed by atoms with E-state index in [0.717, 1.165) is 25.9 Å². The Morgan fingerprint density at radius 1 is 1.47 bits per heavy atom. The predicted octanol–water partition coefficient (Wildman–Crippen LogP) is 1.50. The molecule has 1 N–H and O–H groups in total. The van der Waals surface area contributed by atoms with Gasteiger partial charge in [0.05, 0.1) is 5.69 Å². The Labute approximate surface area is 101 Å². The van der Waals surface area contributed by atoms with Crippen LogP contribution in [0.25, 0.3) is 0 Å². The smallest absolute Gasteiger partial charge is 0.186 e. The molecule has 1 atom stereocenters. The van der Waals surface area contributed by atoms with E-state index in [9.17, 15) is 4.39 Å². The maximum Gasteiger partial charge on any atom is 0.186 e. The second-order valence-corrected chi connectivity index (χ2v) is 4.50. The number of nitrogens with one attached hydrogen (secondary N) is 1. The maximum absolute atomic E-state index is 14.0. The van der Waals surface area contributed by atoms with Gasteiger partial charge in [-0.25, -0.2) is 14.4 Å². The highest BCUT2D eigenvalue weighted by Gasteiger charge is 2.25. The lowest BCUT2D eigenvalue weighted by atomic mass is 10.0. The van der Waals surface area contributed by atoms with Crippen LogP contribution in [0.4, 0.5) is 10.2 Å². The van der Waals surface area contributed by atoms with Crippen molar-refractivity contribution in [2.75, 3.05) is 25.0 Å². The molecule has 1 unspecified atom stereocenters. The highest BCUT2D eigenvalue weighted by molar-refractivity contribution is 5.42. The Bertz CT molecular complexity index is 381. The van der Waals surface area contributed by atoms with Gasteiger partial charge in [0.25, 0.3) is 0 Å². The average Bonchev–Trinajstić information content (AvgIpc) is 2.34. The molecule has 5 heteroatoms. The Morgan fingerprint density at radius 2 is 2.29 bits per heavy atom. The molecule has 1 aromatic rings. The van der Waals surface area contributed by atoms with Gasteiger partial charge in [-0.15, -0.1) is 0 Å². The van der Waals surface area contributed by atoms with Crippen molar-refractivity contribution in [3.05, 3.63) is 17.8 Å². The molecule has 0 spiro atoms. The molecule has 0 aromatic carbocycles. The van der Waals surface area contributed by atoms with Gasteiger partial charge in [-0.05, 0) is 33.2 Å². The van der Waals surface area contributed by atoms with Gasteiger partial charge in [0, 0.05) is 19.1 Å². The molecular weight excluding hydrogens is 219 g/mol. The molecule has 1 aliphatic rings. The number of hydrogen-bond acceptors (Lipinski definition) is 4. The van der Waals surface area contributed by atoms with Crippen molar-refractivity contribution < 1.29 is 4.39 Å². The summed E-state index contributed by atoms with van der Waals surface area (Å²) in [6.07, 6.45) is 4.83. The van der Waals surface area contributed by atoms with Crippen LogP contribution in [-0.2, 0) is 0 Å². The highest BCUT2D eigenvalue weighted by Crippen LogP contribution is 2.25. The van der Waals surface area contributed by atoms with E-state index >= 15 is 0 Å². The van der Waals surface area contributed by atoms with Gasteiger partial charge in [0.15, 0.2) is 11.6 Å². The number of nitrogens with zero attached hydrogens (tertiary/aromatic N) is 3. The van der Waals surface area contributed by atoms with E-state index in [1.807, 2.05) is 7.05 Å². The quantitative estimate of drug-likeness (QED) is 0.866. The van der Waals surface area contributed by atoms with E-state index in [1.54, 1.807) is 6.92 Å². The highest BCUT2D eigenvalue weighted by atomic mass is 19.1. The third-order valence-electron chi connectivity index (χ3n) is 3.28. The van der Waals surface area contributed by atoms with Crippen LogP contribution in [0.2, 0.25) is 0 Å². The number of hydrogen-bond donors (Lipinski definition) is 1. The van der Waals surface area contributed by atoms with Crippen molar-refractivity contribution in [2.45, 2.75) is 32.2 Å². The molecule has 1 aromatic heterocycles. The zero-order chi connectivity index (χ0) is 12.3. The molecule has 4 nitrogen and oxygen atoms in total. The number of rotatable bonds is 3. The molecule has 17 heavy (non-hydrogen) atoms. The summed E-state index contributed by atoms with van der Waals surface area (Å²) in [6.45, 7) is 3.42. The molecule has 1 fully saturated rings. The fourth-order valence-electron chi connectivity index (χ4n) is 2.37. The first kappa shape index (κ1) is 12.2. The molecule has 0 aliphatic carbocycles. The summed E-state index contributed by atoms with van der Waals surface area (Å²) in [6, 6.07) is 0.331. The fourth-order valence-corrected chi connectivity index (χ4v) is 2.37. The van der Waals surface area contributed by atoms with Gasteiger partial charge in [-0.1, -0.05) is 0 Å². The Morgan fingerprint density at radius 3 is 3.06 bits per heavy atom. The zero-order valence-electron chi connectivity index (χ0n) is 10.4. The third kappa shape index (κ3) is 2.54. The summed E-state index contributed by atoms with van der Waals surface area (Å²) in [4.78, 5) is 10.1. The lowest BCUT2D eigenvalue weighted by Crippen LogP contribution is -2.45. The molecule has 2 rings (SSSR count). The molecule has 1 saturated heterocycles. The van der Waals surface area contributed by atoms with Crippen molar-refractivity contribution >= 4 is 5.82 Å². The summed E-state index contributed by atoms with van der Waals surface area (Å²) in [5, 5.41) is 3.16. The van der Waals surface area contributed by atoms with Crippen LogP contribution in [0.3, 0.4) is 0 Å². The van der Waals surface area contributed by atoms with E-state index < -0.39 is 0 Å². The van der Waals surface area contributed by atoms with Crippen molar-refractivity contribution in [2.24, 2.45) is 0 Å². The number of halogens is 1. The normalized spacial score (nSPS) is 20.6. The van der Waals surface area contributed by atoms with Crippen molar-refractivity contribution in [1.29, 1.82) is 0 Å². The number of aromatic nitrogens is 2. The topological polar surface area (TPSA) is 41.0 Å². The minimum Gasteiger partial charge on any atom is -0.350 e. The van der Waals surface area contributed by atoms with Gasteiger partial charge in [0.2, 0.25) is 0 Å². The molecule has 2 heterocycles. The molecule has 0 amide bonds. The van der Waals surface area contributed by atoms with Gasteiger partial charge in [-0.3, -0.25) is 0 Å². The van der Waals surface area contributed by atoms with Gasteiger partial charge < -0.3 is 10.2 Å². The summed E-state index contributed by atoms with van der Waals surface area (Å²) in [5.41, 5.74) is 0.420. The minimum atomic E-state index is -0.282. The average molecular weight is 238 g/mol. The lowest BCUT2D eigenvalue weighted by molar-refractivity contribution is 0.435. The first-order valence-electron chi connectivity index (χ1n) is 6.12. The summed E-state index contributed by atoms with van der Waals surface area (Å²) < 4.78 is 14.0. The van der Waals surface area contributed by atoms with Crippen LogP contribution in [0.1, 0.15) is 25.0 Å². The van der Waals surface area contributed by atoms with E-state index in [0.29, 0.717) is 17.6 Å². The summed E-state index contributed by atoms with van der Waals surface area (Å²) in [5.74, 6) is 0.174. The second-order valence-electron chi connectivity index (χ2n) is 4.50. The third-order valence-corrected chi connectivity index (χ3v) is 3.28. The largest absolute Gasteiger partial charge is 0.350 e. The maximum atomic E-state index is 14.0. The Balaban J connectivity index is 2.26. The SMILES string of the molecule is CNCC1CCCCN1c1ncnc(C)c1F. The van der Waals surface area contributed by atoms with Gasteiger partial charge >= 0.3 is 0 Å². The van der Waals surface area contributed by atoms with Crippen LogP contribution in [0, 0.1) is 12.7 Å². The second kappa shape index (κ2) is 5.40. The predicted molar refractivity (Wildman–Crippen MR) is 65.6 cm³/mol.